The quantitative estimate of drug-likeness (QED) is 0.630. The molecule has 1 aromatic heterocycles. The topological polar surface area (TPSA) is 76.0 Å². The SMILES string of the molecule is Cc1nn(Cc2ccc(F)cc2)c(Cl)c1C(=O)NNC(=O)c1ccc(Cl)cc1. The Kier molecular flexibility index (Phi) is 5.96. The van der Waals surface area contributed by atoms with E-state index in [4.69, 9.17) is 23.2 Å². The molecule has 0 radical (unpaired) electrons. The molecule has 2 N–H and O–H groups in total. The van der Waals surface area contributed by atoms with Crippen LogP contribution in [0.3, 0.4) is 0 Å². The molecule has 0 bridgehead atoms. The van der Waals surface area contributed by atoms with Crippen LogP contribution in [0.5, 0.6) is 0 Å². The Labute approximate surface area is 170 Å². The molecule has 0 atom stereocenters. The highest BCUT2D eigenvalue weighted by molar-refractivity contribution is 6.33. The molecule has 0 spiro atoms. The van der Waals surface area contributed by atoms with Gasteiger partial charge in [0.15, 0.2) is 0 Å². The lowest BCUT2D eigenvalue weighted by molar-refractivity contribution is 0.0846. The number of aryl methyl sites for hydroxylation is 1. The maximum Gasteiger partial charge on any atom is 0.274 e. The van der Waals surface area contributed by atoms with Gasteiger partial charge in [0.2, 0.25) is 0 Å². The van der Waals surface area contributed by atoms with Gasteiger partial charge in [-0.3, -0.25) is 20.4 Å². The van der Waals surface area contributed by atoms with Gasteiger partial charge in [-0.05, 0) is 48.9 Å². The molecule has 144 valence electrons. The van der Waals surface area contributed by atoms with E-state index in [-0.39, 0.29) is 23.1 Å². The third kappa shape index (κ3) is 4.49. The highest BCUT2D eigenvalue weighted by atomic mass is 35.5. The molecule has 2 aromatic carbocycles. The van der Waals surface area contributed by atoms with Crippen molar-refractivity contribution in [2.45, 2.75) is 13.5 Å². The van der Waals surface area contributed by atoms with Gasteiger partial charge in [-0.15, -0.1) is 0 Å². The minimum atomic E-state index is -0.602. The van der Waals surface area contributed by atoms with Crippen LogP contribution >= 0.6 is 23.2 Å². The second kappa shape index (κ2) is 8.41. The fourth-order valence-corrected chi connectivity index (χ4v) is 2.97. The Hall–Kier alpha value is -2.90. The van der Waals surface area contributed by atoms with Crippen molar-refractivity contribution in [1.29, 1.82) is 0 Å². The highest BCUT2D eigenvalue weighted by Crippen LogP contribution is 2.21. The van der Waals surface area contributed by atoms with Gasteiger partial charge in [0.05, 0.1) is 12.2 Å². The summed E-state index contributed by atoms with van der Waals surface area (Å²) in [6.45, 7) is 1.90. The van der Waals surface area contributed by atoms with E-state index in [2.05, 4.69) is 16.0 Å². The number of amides is 2. The molecule has 28 heavy (non-hydrogen) atoms. The Balaban J connectivity index is 1.69. The van der Waals surface area contributed by atoms with E-state index in [0.29, 0.717) is 16.3 Å². The van der Waals surface area contributed by atoms with Gasteiger partial charge in [0, 0.05) is 10.6 Å². The van der Waals surface area contributed by atoms with Crippen LogP contribution in [0.1, 0.15) is 32.0 Å². The summed E-state index contributed by atoms with van der Waals surface area (Å²) in [7, 11) is 0. The number of carbonyl (C=O) groups excluding carboxylic acids is 2. The van der Waals surface area contributed by atoms with Crippen LogP contribution in [-0.2, 0) is 6.54 Å². The number of nitrogens with one attached hydrogen (secondary N) is 2. The van der Waals surface area contributed by atoms with Crippen molar-refractivity contribution in [3.8, 4) is 0 Å². The first kappa shape index (κ1) is 19.9. The average molecular weight is 421 g/mol. The molecule has 9 heteroatoms. The Morgan fingerprint density at radius 1 is 1.00 bits per heavy atom. The zero-order valence-electron chi connectivity index (χ0n) is 14.7. The molecule has 3 rings (SSSR count). The second-order valence-electron chi connectivity index (χ2n) is 5.95. The normalized spacial score (nSPS) is 10.6. The van der Waals surface area contributed by atoms with Crippen molar-refractivity contribution < 1.29 is 14.0 Å². The third-order valence-electron chi connectivity index (χ3n) is 3.93. The molecule has 0 unspecified atom stereocenters. The molecular formula is C19H15Cl2FN4O2. The zero-order valence-corrected chi connectivity index (χ0v) is 16.2. The van der Waals surface area contributed by atoms with E-state index in [1.54, 1.807) is 31.2 Å². The first-order valence-electron chi connectivity index (χ1n) is 8.18. The molecule has 0 aliphatic rings. The maximum atomic E-state index is 13.0. The molecule has 0 fully saturated rings. The monoisotopic (exact) mass is 420 g/mol. The summed E-state index contributed by atoms with van der Waals surface area (Å²) in [5.74, 6) is -1.45. The molecule has 6 nitrogen and oxygen atoms in total. The molecular weight excluding hydrogens is 406 g/mol. The largest absolute Gasteiger partial charge is 0.274 e. The van der Waals surface area contributed by atoms with Gasteiger partial charge in [-0.2, -0.15) is 5.10 Å². The maximum absolute atomic E-state index is 13.0. The second-order valence-corrected chi connectivity index (χ2v) is 6.74. The Morgan fingerprint density at radius 2 is 1.61 bits per heavy atom. The van der Waals surface area contributed by atoms with E-state index in [0.717, 1.165) is 5.56 Å². The van der Waals surface area contributed by atoms with Crippen LogP contribution in [0.25, 0.3) is 0 Å². The van der Waals surface area contributed by atoms with Crippen LogP contribution in [0.4, 0.5) is 4.39 Å². The zero-order chi connectivity index (χ0) is 20.3. The van der Waals surface area contributed by atoms with Crippen LogP contribution in [-0.4, -0.2) is 21.6 Å². The van der Waals surface area contributed by atoms with E-state index < -0.39 is 11.8 Å². The number of carbonyl (C=O) groups is 2. The van der Waals surface area contributed by atoms with Gasteiger partial charge in [0.1, 0.15) is 16.5 Å². The number of halogens is 3. The fraction of sp³-hybridized carbons (Fsp3) is 0.105. The van der Waals surface area contributed by atoms with E-state index in [9.17, 15) is 14.0 Å². The summed E-state index contributed by atoms with van der Waals surface area (Å²) in [6, 6.07) is 12.1. The van der Waals surface area contributed by atoms with Gasteiger partial charge >= 0.3 is 0 Å². The standard InChI is InChI=1S/C19H15Cl2FN4O2/c1-11-16(17(21)26(25-11)10-12-2-8-15(22)9-3-12)19(28)24-23-18(27)13-4-6-14(20)7-5-13/h2-9H,10H2,1H3,(H,23,27)(H,24,28). The predicted octanol–water partition coefficient (Wildman–Crippen LogP) is 3.76. The van der Waals surface area contributed by atoms with E-state index >= 15 is 0 Å². The number of aromatic nitrogens is 2. The average Bonchev–Trinajstić information content (AvgIpc) is 2.95. The summed E-state index contributed by atoms with van der Waals surface area (Å²) in [5.41, 5.74) is 6.27. The lowest BCUT2D eigenvalue weighted by Gasteiger charge is -2.08. The van der Waals surface area contributed by atoms with Crippen molar-refractivity contribution in [1.82, 2.24) is 20.6 Å². The first-order chi connectivity index (χ1) is 13.3. The van der Waals surface area contributed by atoms with E-state index in [1.807, 2.05) is 0 Å². The van der Waals surface area contributed by atoms with Crippen molar-refractivity contribution >= 4 is 35.0 Å². The van der Waals surface area contributed by atoms with Crippen LogP contribution in [0.15, 0.2) is 48.5 Å². The third-order valence-corrected chi connectivity index (χ3v) is 4.57. The number of rotatable bonds is 4. The first-order valence-corrected chi connectivity index (χ1v) is 8.94. The lowest BCUT2D eigenvalue weighted by atomic mass is 10.2. The highest BCUT2D eigenvalue weighted by Gasteiger charge is 2.21. The van der Waals surface area contributed by atoms with Gasteiger partial charge < -0.3 is 0 Å². The number of hydrogen-bond acceptors (Lipinski definition) is 3. The number of benzene rings is 2. The van der Waals surface area contributed by atoms with Crippen LogP contribution < -0.4 is 10.9 Å². The van der Waals surface area contributed by atoms with E-state index in [1.165, 1.54) is 28.9 Å². The predicted molar refractivity (Wildman–Crippen MR) is 104 cm³/mol. The number of hydrogen-bond donors (Lipinski definition) is 2. The summed E-state index contributed by atoms with van der Waals surface area (Å²) in [4.78, 5) is 24.5. The van der Waals surface area contributed by atoms with Crippen molar-refractivity contribution in [2.24, 2.45) is 0 Å². The summed E-state index contributed by atoms with van der Waals surface area (Å²) >= 11 is 12.1. The van der Waals surface area contributed by atoms with Crippen molar-refractivity contribution in [3.05, 3.63) is 86.9 Å². The molecule has 0 saturated carbocycles. The minimum Gasteiger partial charge on any atom is -0.267 e. The Morgan fingerprint density at radius 3 is 2.25 bits per heavy atom. The number of nitrogens with zero attached hydrogens (tertiary/aromatic N) is 2. The fourth-order valence-electron chi connectivity index (χ4n) is 2.53. The summed E-state index contributed by atoms with van der Waals surface area (Å²) < 4.78 is 14.5. The molecule has 3 aromatic rings. The molecule has 1 heterocycles. The summed E-state index contributed by atoms with van der Waals surface area (Å²) in [5, 5.41) is 4.85. The minimum absolute atomic E-state index is 0.111. The van der Waals surface area contributed by atoms with Gasteiger partial charge in [-0.1, -0.05) is 35.3 Å². The van der Waals surface area contributed by atoms with Crippen molar-refractivity contribution in [2.75, 3.05) is 0 Å². The Bertz CT molecular complexity index is 1020. The smallest absolute Gasteiger partial charge is 0.267 e. The molecule has 0 aliphatic carbocycles. The summed E-state index contributed by atoms with van der Waals surface area (Å²) in [6.07, 6.45) is 0. The van der Waals surface area contributed by atoms with Crippen LogP contribution in [0, 0.1) is 12.7 Å². The molecule has 0 aliphatic heterocycles. The van der Waals surface area contributed by atoms with Gasteiger partial charge in [0.25, 0.3) is 11.8 Å². The van der Waals surface area contributed by atoms with Crippen LogP contribution in [0.2, 0.25) is 10.2 Å². The lowest BCUT2D eigenvalue weighted by Crippen LogP contribution is -2.41. The number of hydrazine groups is 1. The van der Waals surface area contributed by atoms with Gasteiger partial charge in [-0.25, -0.2) is 9.07 Å². The molecule has 0 saturated heterocycles. The van der Waals surface area contributed by atoms with Crippen molar-refractivity contribution in [3.63, 3.8) is 0 Å². The molecule has 2 amide bonds.